The number of rotatable bonds is 3. The Balaban J connectivity index is 1.53. The number of carbonyl (C=O) groups is 1. The number of nitrogens with one attached hydrogen (secondary N) is 1. The van der Waals surface area contributed by atoms with Crippen molar-refractivity contribution < 1.29 is 26.7 Å². The first-order chi connectivity index (χ1) is 15.1. The van der Waals surface area contributed by atoms with Crippen molar-refractivity contribution in [2.75, 3.05) is 4.90 Å². The number of hydrogen-bond acceptors (Lipinski definition) is 3. The lowest BCUT2D eigenvalue weighted by Crippen LogP contribution is -2.54. The number of amides is 1. The summed E-state index contributed by atoms with van der Waals surface area (Å²) in [4.78, 5) is 20.9. The van der Waals surface area contributed by atoms with E-state index in [2.05, 4.69) is 15.1 Å². The molecule has 6 nitrogen and oxygen atoms in total. The Bertz CT molecular complexity index is 1340. The van der Waals surface area contributed by atoms with Gasteiger partial charge in [-0.25, -0.2) is 18.4 Å². The van der Waals surface area contributed by atoms with Crippen LogP contribution in [0.2, 0.25) is 0 Å². The second-order valence-electron chi connectivity index (χ2n) is 7.54. The van der Waals surface area contributed by atoms with E-state index in [1.807, 2.05) is 0 Å². The standard InChI is InChI=1S/C21H14F5N5O/c1-10-19(31(20(10)32)12-2-3-16-17(6-12)28-9-27-16)18-14(22)4-13(5-15(18)23)30-8-11(7-29-30)21(24,25)26/h2-10,19H,1H3,(H,27,28)/t10-,19-/m1/s1. The zero-order valence-corrected chi connectivity index (χ0v) is 16.4. The average Bonchev–Trinajstić information content (AvgIpc) is 3.41. The van der Waals surface area contributed by atoms with Crippen LogP contribution in [0.1, 0.15) is 24.1 Å². The number of β-lactam (4-membered cyclic amide) rings is 1. The highest BCUT2D eigenvalue weighted by Crippen LogP contribution is 2.45. The van der Waals surface area contributed by atoms with Gasteiger partial charge in [-0.05, 0) is 18.2 Å². The van der Waals surface area contributed by atoms with Crippen LogP contribution in [0.5, 0.6) is 0 Å². The van der Waals surface area contributed by atoms with Crippen LogP contribution in [0.25, 0.3) is 16.7 Å². The van der Waals surface area contributed by atoms with Gasteiger partial charge in [-0.15, -0.1) is 0 Å². The number of imidazole rings is 1. The number of nitrogens with zero attached hydrogens (tertiary/aromatic N) is 4. The summed E-state index contributed by atoms with van der Waals surface area (Å²) in [5.74, 6) is -2.97. The van der Waals surface area contributed by atoms with Gasteiger partial charge in [-0.2, -0.15) is 18.3 Å². The third-order valence-electron chi connectivity index (χ3n) is 5.59. The predicted octanol–water partition coefficient (Wildman–Crippen LogP) is 4.77. The first-order valence-corrected chi connectivity index (χ1v) is 9.52. The maximum atomic E-state index is 15.0. The molecule has 1 aliphatic rings. The number of fused-ring (bicyclic) bond motifs is 1. The molecular formula is C21H14F5N5O. The highest BCUT2D eigenvalue weighted by molar-refractivity contribution is 6.04. The minimum absolute atomic E-state index is 0.206. The Morgan fingerprint density at radius 1 is 1.06 bits per heavy atom. The second-order valence-corrected chi connectivity index (χ2v) is 7.54. The Kier molecular flexibility index (Phi) is 4.33. The minimum Gasteiger partial charge on any atom is -0.345 e. The van der Waals surface area contributed by atoms with Gasteiger partial charge in [0.05, 0.1) is 46.8 Å². The molecule has 1 saturated heterocycles. The number of carbonyl (C=O) groups excluding carboxylic acids is 1. The van der Waals surface area contributed by atoms with Gasteiger partial charge in [0.2, 0.25) is 5.91 Å². The predicted molar refractivity (Wildman–Crippen MR) is 104 cm³/mol. The molecule has 2 atom stereocenters. The highest BCUT2D eigenvalue weighted by atomic mass is 19.4. The fourth-order valence-electron chi connectivity index (χ4n) is 3.97. The Hall–Kier alpha value is -3.76. The van der Waals surface area contributed by atoms with Gasteiger partial charge in [0.1, 0.15) is 11.6 Å². The van der Waals surface area contributed by atoms with Crippen LogP contribution < -0.4 is 4.90 Å². The summed E-state index contributed by atoms with van der Waals surface area (Å²) in [5.41, 5.74) is 0.187. The first-order valence-electron chi connectivity index (χ1n) is 9.52. The number of H-pyrrole nitrogens is 1. The molecule has 4 aromatic rings. The van der Waals surface area contributed by atoms with Gasteiger partial charge in [0, 0.05) is 29.6 Å². The lowest BCUT2D eigenvalue weighted by molar-refractivity contribution is -0.137. The number of benzene rings is 2. The van der Waals surface area contributed by atoms with Crippen molar-refractivity contribution in [2.45, 2.75) is 19.1 Å². The van der Waals surface area contributed by atoms with Gasteiger partial charge < -0.3 is 9.88 Å². The summed E-state index contributed by atoms with van der Waals surface area (Å²) in [6.07, 6.45) is -1.92. The lowest BCUT2D eigenvalue weighted by atomic mass is 9.82. The maximum Gasteiger partial charge on any atom is 0.419 e. The molecule has 0 radical (unpaired) electrons. The fourth-order valence-corrected chi connectivity index (χ4v) is 3.97. The van der Waals surface area contributed by atoms with E-state index in [4.69, 9.17) is 0 Å². The van der Waals surface area contributed by atoms with Gasteiger partial charge in [0.15, 0.2) is 0 Å². The molecule has 2 aromatic carbocycles. The SMILES string of the molecule is C[C@H]1C(=O)N(c2ccc3nc[nH]c3c2)[C@H]1c1c(F)cc(-n2cc(C(F)(F)F)cn2)cc1F. The van der Waals surface area contributed by atoms with Crippen molar-refractivity contribution >= 4 is 22.6 Å². The summed E-state index contributed by atoms with van der Waals surface area (Å²) >= 11 is 0. The number of aromatic amines is 1. The quantitative estimate of drug-likeness (QED) is 0.364. The van der Waals surface area contributed by atoms with Crippen LogP contribution in [0.4, 0.5) is 27.6 Å². The molecule has 0 bridgehead atoms. The summed E-state index contributed by atoms with van der Waals surface area (Å²) in [6, 6.07) is 5.85. The third-order valence-corrected chi connectivity index (χ3v) is 5.59. The maximum absolute atomic E-state index is 15.0. The van der Waals surface area contributed by atoms with E-state index in [1.54, 1.807) is 25.1 Å². The molecule has 0 unspecified atom stereocenters. The minimum atomic E-state index is -4.63. The van der Waals surface area contributed by atoms with Gasteiger partial charge in [-0.1, -0.05) is 6.92 Å². The topological polar surface area (TPSA) is 66.8 Å². The lowest BCUT2D eigenvalue weighted by Gasteiger charge is -2.46. The first kappa shape index (κ1) is 20.2. The van der Waals surface area contributed by atoms with E-state index < -0.39 is 35.3 Å². The van der Waals surface area contributed by atoms with Crippen molar-refractivity contribution in [3.05, 3.63) is 71.8 Å². The Morgan fingerprint density at radius 2 is 1.78 bits per heavy atom. The molecule has 11 heteroatoms. The normalized spacial score (nSPS) is 18.9. The number of aromatic nitrogens is 4. The molecule has 1 aliphatic heterocycles. The van der Waals surface area contributed by atoms with Crippen LogP contribution in [0.15, 0.2) is 49.1 Å². The van der Waals surface area contributed by atoms with Crippen LogP contribution >= 0.6 is 0 Å². The molecule has 0 saturated carbocycles. The second kappa shape index (κ2) is 6.87. The van der Waals surface area contributed by atoms with Crippen molar-refractivity contribution in [1.82, 2.24) is 19.7 Å². The molecule has 3 heterocycles. The van der Waals surface area contributed by atoms with Crippen molar-refractivity contribution in [1.29, 1.82) is 0 Å². The molecule has 0 spiro atoms. The molecule has 5 rings (SSSR count). The summed E-state index contributed by atoms with van der Waals surface area (Å²) < 4.78 is 69.3. The Morgan fingerprint density at radius 3 is 2.44 bits per heavy atom. The smallest absolute Gasteiger partial charge is 0.345 e. The van der Waals surface area contributed by atoms with Crippen LogP contribution in [0.3, 0.4) is 0 Å². The van der Waals surface area contributed by atoms with Gasteiger partial charge in [-0.3, -0.25) is 4.79 Å². The number of anilines is 1. The van der Waals surface area contributed by atoms with E-state index in [0.29, 0.717) is 29.1 Å². The summed E-state index contributed by atoms with van der Waals surface area (Å²) in [7, 11) is 0. The average molecular weight is 447 g/mol. The van der Waals surface area contributed by atoms with Gasteiger partial charge in [0.25, 0.3) is 0 Å². The van der Waals surface area contributed by atoms with Gasteiger partial charge >= 0.3 is 6.18 Å². The van der Waals surface area contributed by atoms with Crippen molar-refractivity contribution in [3.63, 3.8) is 0 Å². The molecule has 1 fully saturated rings. The van der Waals surface area contributed by atoms with Crippen molar-refractivity contribution in [2.24, 2.45) is 5.92 Å². The van der Waals surface area contributed by atoms with E-state index in [1.165, 1.54) is 11.2 Å². The fraction of sp³-hybridized carbons (Fsp3) is 0.190. The van der Waals surface area contributed by atoms with Crippen LogP contribution in [0, 0.1) is 17.6 Å². The molecule has 2 aromatic heterocycles. The number of halogens is 5. The molecule has 32 heavy (non-hydrogen) atoms. The summed E-state index contributed by atoms with van der Waals surface area (Å²) in [5, 5.41) is 3.55. The van der Waals surface area contributed by atoms with E-state index in [-0.39, 0.29) is 17.2 Å². The van der Waals surface area contributed by atoms with E-state index >= 15 is 8.78 Å². The number of hydrogen-bond donors (Lipinski definition) is 1. The molecule has 1 amide bonds. The molecule has 1 N–H and O–H groups in total. The summed E-state index contributed by atoms with van der Waals surface area (Å²) in [6.45, 7) is 1.56. The zero-order valence-electron chi connectivity index (χ0n) is 16.4. The number of alkyl halides is 3. The zero-order chi connectivity index (χ0) is 22.8. The molecule has 164 valence electrons. The Labute approximate surface area is 177 Å². The monoisotopic (exact) mass is 447 g/mol. The highest BCUT2D eigenvalue weighted by Gasteiger charge is 2.48. The largest absolute Gasteiger partial charge is 0.419 e. The van der Waals surface area contributed by atoms with Crippen LogP contribution in [-0.4, -0.2) is 25.7 Å². The van der Waals surface area contributed by atoms with E-state index in [0.717, 1.165) is 16.8 Å². The third kappa shape index (κ3) is 3.03. The van der Waals surface area contributed by atoms with Crippen LogP contribution in [-0.2, 0) is 11.0 Å². The van der Waals surface area contributed by atoms with E-state index in [9.17, 15) is 18.0 Å². The van der Waals surface area contributed by atoms with Crippen molar-refractivity contribution in [3.8, 4) is 5.69 Å². The molecular weight excluding hydrogens is 433 g/mol. The molecule has 0 aliphatic carbocycles.